The lowest BCUT2D eigenvalue weighted by Gasteiger charge is -2.38. The highest BCUT2D eigenvalue weighted by Gasteiger charge is 2.33. The largest absolute Gasteiger partial charge is 0.347 e. The van der Waals surface area contributed by atoms with Crippen molar-refractivity contribution in [2.45, 2.75) is 52.8 Å². The third-order valence-corrected chi connectivity index (χ3v) is 6.43. The van der Waals surface area contributed by atoms with Crippen molar-refractivity contribution in [1.29, 1.82) is 0 Å². The molecule has 7 nitrogen and oxygen atoms in total. The Morgan fingerprint density at radius 1 is 1.23 bits per heavy atom. The van der Waals surface area contributed by atoms with Crippen molar-refractivity contribution < 1.29 is 17.9 Å². The van der Waals surface area contributed by atoms with Gasteiger partial charge in [-0.05, 0) is 36.5 Å². The molecule has 2 aliphatic heterocycles. The van der Waals surface area contributed by atoms with Crippen molar-refractivity contribution in [1.82, 2.24) is 19.5 Å². The number of nitrogens with one attached hydrogen (secondary N) is 1. The van der Waals surface area contributed by atoms with Gasteiger partial charge in [0, 0.05) is 42.6 Å². The van der Waals surface area contributed by atoms with Crippen molar-refractivity contribution in [3.63, 3.8) is 0 Å². The van der Waals surface area contributed by atoms with Gasteiger partial charge in [0.25, 0.3) is 12.1 Å². The third-order valence-electron chi connectivity index (χ3n) is 6.43. The number of hydrogen-bond acceptors (Lipinski definition) is 5. The number of alkyl halides is 3. The van der Waals surface area contributed by atoms with E-state index in [-0.39, 0.29) is 11.5 Å². The first-order chi connectivity index (χ1) is 16.6. The Morgan fingerprint density at radius 3 is 2.74 bits per heavy atom. The standard InChI is InChI=1S/C25H31F3N7/c1-15-23-17(16-5-6-20-21(11-16)35(31-20)13-22(27)28)7-10-34(23)32-24(29-15)30-19-8-9-33(12-18(19)26)14-25(2,3)4/h5-7,10-11,18-19,22H,8-9,12-14H2,1-4H3,(H,29,30,32)/q+1. The van der Waals surface area contributed by atoms with Crippen LogP contribution in [0.5, 0.6) is 0 Å². The molecule has 0 aliphatic carbocycles. The first-order valence-electron chi connectivity index (χ1n) is 12.0. The van der Waals surface area contributed by atoms with Crippen LogP contribution in [0.25, 0.3) is 16.6 Å². The highest BCUT2D eigenvalue weighted by molar-refractivity contribution is 5.85. The van der Waals surface area contributed by atoms with Crippen LogP contribution in [0.2, 0.25) is 0 Å². The number of rotatable bonds is 6. The molecule has 0 saturated carbocycles. The van der Waals surface area contributed by atoms with Gasteiger partial charge in [0.15, 0.2) is 0 Å². The molecule has 1 fully saturated rings. The van der Waals surface area contributed by atoms with Crippen molar-refractivity contribution in [3.05, 3.63) is 36.2 Å². The number of halogens is 3. The Balaban J connectivity index is 1.34. The second kappa shape index (κ2) is 8.89. The van der Waals surface area contributed by atoms with Crippen LogP contribution >= 0.6 is 0 Å². The minimum atomic E-state index is -2.46. The van der Waals surface area contributed by atoms with Crippen LogP contribution < -0.4 is 5.32 Å². The average Bonchev–Trinajstić information content (AvgIpc) is 3.17. The van der Waals surface area contributed by atoms with Gasteiger partial charge in [0.2, 0.25) is 18.2 Å². The van der Waals surface area contributed by atoms with Crippen LogP contribution in [0.15, 0.2) is 35.6 Å². The van der Waals surface area contributed by atoms with Gasteiger partial charge in [-0.25, -0.2) is 22.7 Å². The van der Waals surface area contributed by atoms with Gasteiger partial charge >= 0.3 is 0 Å². The van der Waals surface area contributed by atoms with Crippen molar-refractivity contribution >= 4 is 22.8 Å². The van der Waals surface area contributed by atoms with Gasteiger partial charge in [-0.3, -0.25) is 4.90 Å². The Bertz CT molecular complexity index is 1280. The Labute approximate surface area is 202 Å². The minimum absolute atomic E-state index is 0.132. The second-order valence-corrected chi connectivity index (χ2v) is 10.7. The van der Waals surface area contributed by atoms with E-state index in [1.54, 1.807) is 4.52 Å². The highest BCUT2D eigenvalue weighted by atomic mass is 19.3. The summed E-state index contributed by atoms with van der Waals surface area (Å²) in [6.07, 6.45) is -0.939. The summed E-state index contributed by atoms with van der Waals surface area (Å²) in [6, 6.07) is 7.21. The van der Waals surface area contributed by atoms with E-state index in [9.17, 15) is 13.2 Å². The van der Waals surface area contributed by atoms with Crippen LogP contribution in [-0.2, 0) is 0 Å². The number of aromatic nitrogens is 3. The molecule has 35 heavy (non-hydrogen) atoms. The maximum Gasteiger partial charge on any atom is 0.298 e. The van der Waals surface area contributed by atoms with Crippen LogP contribution in [0.3, 0.4) is 0 Å². The fourth-order valence-corrected chi connectivity index (χ4v) is 5.00. The summed E-state index contributed by atoms with van der Waals surface area (Å²) in [5, 5.41) is 11.9. The molecule has 3 aromatic rings. The van der Waals surface area contributed by atoms with Gasteiger partial charge < -0.3 is 5.32 Å². The van der Waals surface area contributed by atoms with E-state index in [1.165, 1.54) is 4.70 Å². The van der Waals surface area contributed by atoms with Crippen molar-refractivity contribution in [2.24, 2.45) is 10.5 Å². The van der Waals surface area contributed by atoms with Crippen LogP contribution in [0, 0.1) is 12.3 Å². The summed E-state index contributed by atoms with van der Waals surface area (Å²) in [4.78, 5) is 6.80. The maximum atomic E-state index is 15.0. The molecule has 0 bridgehead atoms. The van der Waals surface area contributed by atoms with E-state index in [1.807, 2.05) is 37.4 Å². The zero-order valence-electron chi connectivity index (χ0n) is 20.5. The predicted molar refractivity (Wildman–Crippen MR) is 129 cm³/mol. The van der Waals surface area contributed by atoms with Gasteiger partial charge in [-0.2, -0.15) is 0 Å². The topological polar surface area (TPSA) is 60.8 Å². The van der Waals surface area contributed by atoms with Gasteiger partial charge in [-0.1, -0.05) is 31.5 Å². The summed E-state index contributed by atoms with van der Waals surface area (Å²) in [7, 11) is 0. The molecule has 1 saturated heterocycles. The Hall–Kier alpha value is -3.01. The van der Waals surface area contributed by atoms with Crippen LogP contribution in [0.4, 0.5) is 30.5 Å². The first kappa shape index (κ1) is 23.7. The van der Waals surface area contributed by atoms with E-state index >= 15 is 0 Å². The van der Waals surface area contributed by atoms with Crippen LogP contribution in [0.1, 0.15) is 32.9 Å². The molecule has 0 radical (unpaired) electrons. The molecule has 4 heterocycles. The number of nitrogens with zero attached hydrogens (tertiary/aromatic N) is 6. The average molecular weight is 487 g/mol. The number of likely N-dealkylation sites (tertiary alicyclic amines) is 1. The number of piperidine rings is 1. The zero-order chi connectivity index (χ0) is 24.9. The fraction of sp³-hybridized carbons (Fsp3) is 0.520. The summed E-state index contributed by atoms with van der Waals surface area (Å²) in [6.45, 7) is 10.1. The number of fused-ring (bicyclic) bond motifs is 2. The second-order valence-electron chi connectivity index (χ2n) is 10.7. The lowest BCUT2D eigenvalue weighted by atomic mass is 9.94. The van der Waals surface area contributed by atoms with Crippen LogP contribution in [-0.4, -0.2) is 69.0 Å². The molecule has 2 atom stereocenters. The molecule has 1 aromatic carbocycles. The molecule has 5 rings (SSSR count). The quantitative estimate of drug-likeness (QED) is 0.462. The molecule has 1 N–H and O–H groups in total. The maximum absolute atomic E-state index is 15.0. The van der Waals surface area contributed by atoms with E-state index < -0.39 is 19.1 Å². The number of aryl methyl sites for hydroxylation is 1. The molecule has 0 spiro atoms. The summed E-state index contributed by atoms with van der Waals surface area (Å²) >= 11 is 0. The van der Waals surface area contributed by atoms with E-state index in [0.717, 1.165) is 35.4 Å². The first-order valence-corrected chi connectivity index (χ1v) is 12.0. The van der Waals surface area contributed by atoms with Crippen molar-refractivity contribution in [3.8, 4) is 11.1 Å². The number of anilines is 1. The summed E-state index contributed by atoms with van der Waals surface area (Å²) < 4.78 is 43.6. The van der Waals surface area contributed by atoms with Gasteiger partial charge in [0.05, 0.1) is 17.3 Å². The normalized spacial score (nSPS) is 20.6. The SMILES string of the molecule is Cc1nc(NC2CCN(CC(C)(C)C)CC2F)nn2ccc(-c3ccc4c(c3)[N+](CC(F)F)=N4)c12. The fourth-order valence-electron chi connectivity index (χ4n) is 5.00. The van der Waals surface area contributed by atoms with Gasteiger partial charge in [0.1, 0.15) is 6.17 Å². The summed E-state index contributed by atoms with van der Waals surface area (Å²) in [5.41, 5.74) is 4.87. The molecule has 2 unspecified atom stereocenters. The highest BCUT2D eigenvalue weighted by Crippen LogP contribution is 2.41. The van der Waals surface area contributed by atoms with E-state index in [4.69, 9.17) is 0 Å². The molecular formula is C25H31F3N7+. The minimum Gasteiger partial charge on any atom is -0.347 e. The molecule has 2 aliphatic rings. The number of benzene rings is 1. The van der Waals surface area contributed by atoms with Crippen molar-refractivity contribution in [2.75, 3.05) is 31.5 Å². The number of azo groups is 2. The Morgan fingerprint density at radius 2 is 2.03 bits per heavy atom. The molecular weight excluding hydrogens is 455 g/mol. The third kappa shape index (κ3) is 4.89. The predicted octanol–water partition coefficient (Wildman–Crippen LogP) is 5.58. The summed E-state index contributed by atoms with van der Waals surface area (Å²) in [5.74, 6) is 0.396. The zero-order valence-corrected chi connectivity index (χ0v) is 20.5. The van der Waals surface area contributed by atoms with Gasteiger partial charge in [-0.15, -0.1) is 5.10 Å². The van der Waals surface area contributed by atoms with E-state index in [0.29, 0.717) is 30.3 Å². The monoisotopic (exact) mass is 486 g/mol. The Kier molecular flexibility index (Phi) is 6.03. The molecule has 0 amide bonds. The number of hydrogen-bond donors (Lipinski definition) is 1. The lowest BCUT2D eigenvalue weighted by Crippen LogP contribution is -2.50. The molecule has 2 aromatic heterocycles. The molecule has 186 valence electrons. The molecule has 10 heteroatoms. The van der Waals surface area contributed by atoms with E-state index in [2.05, 4.69) is 46.2 Å². The smallest absolute Gasteiger partial charge is 0.298 e. The lowest BCUT2D eigenvalue weighted by molar-refractivity contribution is -0.536.